The fourth-order valence-corrected chi connectivity index (χ4v) is 2.95. The van der Waals surface area contributed by atoms with Crippen LogP contribution in [0.15, 0.2) is 24.0 Å². The van der Waals surface area contributed by atoms with Gasteiger partial charge in [0.05, 0.1) is 5.60 Å². The molecule has 1 aliphatic heterocycles. The highest BCUT2D eigenvalue weighted by molar-refractivity contribution is 5.94. The summed E-state index contributed by atoms with van der Waals surface area (Å²) in [6, 6.07) is 3.58. The van der Waals surface area contributed by atoms with E-state index in [9.17, 15) is 9.18 Å². The van der Waals surface area contributed by atoms with Gasteiger partial charge >= 0.3 is 5.97 Å². The summed E-state index contributed by atoms with van der Waals surface area (Å²) in [5.41, 5.74) is 0.865. The summed E-state index contributed by atoms with van der Waals surface area (Å²) in [5, 5.41) is 9.02. The molecule has 1 N–H and O–H groups in total. The number of ether oxygens (including phenoxy) is 2. The third-order valence-corrected chi connectivity index (χ3v) is 4.26. The minimum atomic E-state index is -1.58. The zero-order chi connectivity index (χ0) is 19.0. The molecule has 2 rings (SSSR count). The van der Waals surface area contributed by atoms with Crippen molar-refractivity contribution in [2.75, 3.05) is 6.61 Å². The maximum atomic E-state index is 14.1. The molecule has 0 saturated carbocycles. The molecule has 0 saturated heterocycles. The van der Waals surface area contributed by atoms with E-state index >= 15 is 0 Å². The van der Waals surface area contributed by atoms with Crippen LogP contribution in [-0.2, 0) is 15.1 Å². The minimum absolute atomic E-state index is 0.0660. The Hall–Kier alpha value is -2.14. The third-order valence-electron chi connectivity index (χ3n) is 4.26. The Morgan fingerprint density at radius 1 is 1.36 bits per heavy atom. The highest BCUT2D eigenvalue weighted by atomic mass is 19.1. The lowest BCUT2D eigenvalue weighted by molar-refractivity contribution is -0.134. The second-order valence-electron chi connectivity index (χ2n) is 7.16. The summed E-state index contributed by atoms with van der Waals surface area (Å²) >= 11 is 0. The van der Waals surface area contributed by atoms with Gasteiger partial charge in [-0.25, -0.2) is 4.79 Å². The Kier molecular flexibility index (Phi) is 5.09. The van der Waals surface area contributed by atoms with Gasteiger partial charge in [0.1, 0.15) is 11.4 Å². The van der Waals surface area contributed by atoms with E-state index in [4.69, 9.17) is 14.6 Å². The average molecular weight is 348 g/mol. The van der Waals surface area contributed by atoms with Crippen LogP contribution in [0.5, 0.6) is 5.75 Å². The number of carboxylic acids is 1. The van der Waals surface area contributed by atoms with E-state index in [0.29, 0.717) is 23.5 Å². The topological polar surface area (TPSA) is 55.8 Å². The number of benzene rings is 1. The van der Waals surface area contributed by atoms with E-state index in [1.165, 1.54) is 6.92 Å². The van der Waals surface area contributed by atoms with Gasteiger partial charge in [-0.15, -0.1) is 0 Å². The molecule has 0 radical (unpaired) electrons. The van der Waals surface area contributed by atoms with Crippen molar-refractivity contribution in [2.45, 2.75) is 52.7 Å². The van der Waals surface area contributed by atoms with Gasteiger partial charge in [-0.05, 0) is 76.5 Å². The number of hydrogen-bond acceptors (Lipinski definition) is 3. The van der Waals surface area contributed by atoms with Crippen LogP contribution >= 0.6 is 0 Å². The lowest BCUT2D eigenvalue weighted by atomic mass is 9.86. The number of allylic oxidation sites excluding steroid dienone is 1. The smallest absolute Gasteiger partial charge is 0.365 e. The summed E-state index contributed by atoms with van der Waals surface area (Å²) < 4.78 is 25.9. The molecule has 0 atom stereocenters. The molecule has 1 aromatic carbocycles. The third kappa shape index (κ3) is 3.93. The Balaban J connectivity index is 2.73. The van der Waals surface area contributed by atoms with Crippen LogP contribution < -0.4 is 4.74 Å². The Morgan fingerprint density at radius 3 is 2.56 bits per heavy atom. The van der Waals surface area contributed by atoms with Crippen molar-refractivity contribution < 1.29 is 23.8 Å². The largest absolute Gasteiger partial charge is 0.483 e. The average Bonchev–Trinajstić information content (AvgIpc) is 2.51. The van der Waals surface area contributed by atoms with E-state index in [1.54, 1.807) is 6.07 Å². The van der Waals surface area contributed by atoms with E-state index < -0.39 is 23.0 Å². The van der Waals surface area contributed by atoms with Crippen molar-refractivity contribution in [1.29, 1.82) is 0 Å². The summed E-state index contributed by atoms with van der Waals surface area (Å²) in [4.78, 5) is 11.1. The van der Waals surface area contributed by atoms with Gasteiger partial charge in [0, 0.05) is 12.2 Å². The molecular formula is C20H25FO4. The Bertz CT molecular complexity index is 757. The molecule has 4 nitrogen and oxygen atoms in total. The van der Waals surface area contributed by atoms with Gasteiger partial charge in [0.2, 0.25) is 5.83 Å². The summed E-state index contributed by atoms with van der Waals surface area (Å²) in [6.45, 7) is 11.5. The van der Waals surface area contributed by atoms with Gasteiger partial charge in [-0.3, -0.25) is 0 Å². The molecule has 0 spiro atoms. The van der Waals surface area contributed by atoms with Crippen molar-refractivity contribution >= 4 is 17.6 Å². The number of carboxylic acid groups (broad SMARTS) is 1. The molecule has 0 bridgehead atoms. The summed E-state index contributed by atoms with van der Waals surface area (Å²) in [6.07, 6.45) is 3.82. The molecule has 0 fully saturated rings. The molecule has 0 aromatic heterocycles. The maximum Gasteiger partial charge on any atom is 0.365 e. The van der Waals surface area contributed by atoms with E-state index in [-0.39, 0.29) is 5.57 Å². The Labute approximate surface area is 148 Å². The zero-order valence-corrected chi connectivity index (χ0v) is 15.6. The van der Waals surface area contributed by atoms with Gasteiger partial charge < -0.3 is 14.6 Å². The lowest BCUT2D eigenvalue weighted by Crippen LogP contribution is -2.29. The minimum Gasteiger partial charge on any atom is -0.483 e. The standard InChI is InChI=1S/C20H25FO4/c1-7-24-20(5,6)15-11-16-13(8-9-19(3,4)25-16)10-14(15)12(2)17(21)18(22)23/h8-11H,7H2,1-6H3,(H,22,23)/b17-12+. The zero-order valence-electron chi connectivity index (χ0n) is 15.6. The normalized spacial score (nSPS) is 16.8. The fourth-order valence-electron chi connectivity index (χ4n) is 2.95. The predicted octanol–water partition coefficient (Wildman–Crippen LogP) is 4.93. The highest BCUT2D eigenvalue weighted by Crippen LogP contribution is 2.40. The lowest BCUT2D eigenvalue weighted by Gasteiger charge is -2.33. The quantitative estimate of drug-likeness (QED) is 0.767. The van der Waals surface area contributed by atoms with Crippen molar-refractivity contribution in [3.63, 3.8) is 0 Å². The van der Waals surface area contributed by atoms with Gasteiger partial charge in [0.15, 0.2) is 0 Å². The van der Waals surface area contributed by atoms with Gasteiger partial charge in [-0.1, -0.05) is 6.08 Å². The van der Waals surface area contributed by atoms with Crippen LogP contribution in [0.3, 0.4) is 0 Å². The van der Waals surface area contributed by atoms with Crippen molar-refractivity contribution in [2.24, 2.45) is 0 Å². The van der Waals surface area contributed by atoms with E-state index in [2.05, 4.69) is 0 Å². The van der Waals surface area contributed by atoms with Gasteiger partial charge in [0.25, 0.3) is 0 Å². The summed E-state index contributed by atoms with van der Waals surface area (Å²) in [7, 11) is 0. The molecule has 0 unspecified atom stereocenters. The number of fused-ring (bicyclic) bond motifs is 1. The van der Waals surface area contributed by atoms with Crippen LogP contribution in [0.1, 0.15) is 58.2 Å². The SMILES string of the molecule is CCOC(C)(C)c1cc2c(cc1/C(C)=C(/F)C(=O)O)C=CC(C)(C)O2. The maximum absolute atomic E-state index is 14.1. The monoisotopic (exact) mass is 348 g/mol. The molecule has 5 heteroatoms. The van der Waals surface area contributed by atoms with Crippen LogP contribution in [0.25, 0.3) is 11.6 Å². The first kappa shape index (κ1) is 19.2. The second-order valence-corrected chi connectivity index (χ2v) is 7.16. The first-order valence-electron chi connectivity index (χ1n) is 8.29. The van der Waals surface area contributed by atoms with Crippen LogP contribution in [0.4, 0.5) is 4.39 Å². The van der Waals surface area contributed by atoms with Crippen molar-refractivity contribution in [3.05, 3.63) is 40.7 Å². The molecular weight excluding hydrogens is 323 g/mol. The molecule has 1 aliphatic rings. The number of hydrogen-bond donors (Lipinski definition) is 1. The predicted molar refractivity (Wildman–Crippen MR) is 96.2 cm³/mol. The summed E-state index contributed by atoms with van der Waals surface area (Å²) in [5.74, 6) is -2.08. The number of carbonyl (C=O) groups is 1. The number of rotatable bonds is 5. The molecule has 136 valence electrons. The molecule has 1 aromatic rings. The molecule has 25 heavy (non-hydrogen) atoms. The van der Waals surface area contributed by atoms with Crippen LogP contribution in [-0.4, -0.2) is 23.3 Å². The molecule has 0 amide bonds. The Morgan fingerprint density at radius 2 is 2.00 bits per heavy atom. The van der Waals surface area contributed by atoms with E-state index in [0.717, 1.165) is 5.56 Å². The fraction of sp³-hybridized carbons (Fsp3) is 0.450. The number of aliphatic carboxylic acids is 1. The van der Waals surface area contributed by atoms with E-state index in [1.807, 2.05) is 52.8 Å². The molecule has 1 heterocycles. The van der Waals surface area contributed by atoms with Crippen molar-refractivity contribution in [3.8, 4) is 5.75 Å². The molecule has 0 aliphatic carbocycles. The number of halogens is 1. The first-order valence-corrected chi connectivity index (χ1v) is 8.29. The highest BCUT2D eigenvalue weighted by Gasteiger charge is 2.30. The van der Waals surface area contributed by atoms with Crippen LogP contribution in [0, 0.1) is 0 Å². The second kappa shape index (κ2) is 6.64. The first-order chi connectivity index (χ1) is 11.5. The van der Waals surface area contributed by atoms with Gasteiger partial charge in [-0.2, -0.15) is 4.39 Å². The van der Waals surface area contributed by atoms with Crippen molar-refractivity contribution in [1.82, 2.24) is 0 Å². The van der Waals surface area contributed by atoms with Crippen LogP contribution in [0.2, 0.25) is 0 Å².